The molecule has 0 aliphatic carbocycles. The fraction of sp³-hybridized carbons (Fsp3) is 0.250. The van der Waals surface area contributed by atoms with Crippen LogP contribution >= 0.6 is 11.8 Å². The third kappa shape index (κ3) is 5.03. The fourth-order valence-corrected chi connectivity index (χ4v) is 4.59. The minimum absolute atomic E-state index is 0.0155. The molecule has 0 aliphatic rings. The van der Waals surface area contributed by atoms with Crippen LogP contribution in [0.4, 0.5) is 5.69 Å². The average Bonchev–Trinajstić information content (AvgIpc) is 3.13. The summed E-state index contributed by atoms with van der Waals surface area (Å²) in [5.74, 6) is 6.94. The van der Waals surface area contributed by atoms with Gasteiger partial charge in [-0.1, -0.05) is 17.8 Å². The van der Waals surface area contributed by atoms with Crippen molar-refractivity contribution in [1.82, 2.24) is 19.2 Å². The van der Waals surface area contributed by atoms with E-state index in [9.17, 15) is 13.2 Å². The van der Waals surface area contributed by atoms with E-state index >= 15 is 0 Å². The quantitative estimate of drug-likeness (QED) is 0.372. The van der Waals surface area contributed by atoms with Crippen molar-refractivity contribution in [3.63, 3.8) is 0 Å². The second kappa shape index (κ2) is 9.59. The zero-order valence-corrected chi connectivity index (χ0v) is 19.7. The molecule has 3 rings (SSSR count). The molecule has 3 aromatic rings. The lowest BCUT2D eigenvalue weighted by atomic mass is 10.2. The van der Waals surface area contributed by atoms with Crippen molar-refractivity contribution in [1.29, 1.82) is 0 Å². The first-order valence-corrected chi connectivity index (χ1v) is 11.9. The van der Waals surface area contributed by atoms with Crippen molar-refractivity contribution < 1.29 is 17.9 Å². The van der Waals surface area contributed by atoms with E-state index in [4.69, 9.17) is 10.6 Å². The fourth-order valence-electron chi connectivity index (χ4n) is 2.79. The molecular weight excluding hydrogens is 452 g/mol. The number of carbonyl (C=O) groups excluding carboxylic acids is 1. The van der Waals surface area contributed by atoms with Crippen LogP contribution in [-0.4, -0.2) is 60.5 Å². The Morgan fingerprint density at radius 3 is 2.50 bits per heavy atom. The van der Waals surface area contributed by atoms with Crippen LogP contribution in [0.3, 0.4) is 0 Å². The number of methoxy groups -OCH3 is 1. The Bertz CT molecular complexity index is 1220. The molecule has 1 aromatic heterocycles. The number of benzene rings is 2. The Balaban J connectivity index is 1.68. The number of amides is 1. The molecule has 170 valence electrons. The molecule has 0 radical (unpaired) electrons. The Kier molecular flexibility index (Phi) is 7.06. The molecule has 10 nitrogen and oxygen atoms in total. The van der Waals surface area contributed by atoms with Crippen LogP contribution in [0.2, 0.25) is 0 Å². The lowest BCUT2D eigenvalue weighted by Gasteiger charge is -2.15. The summed E-state index contributed by atoms with van der Waals surface area (Å²) in [5.41, 5.74) is 1.73. The highest BCUT2D eigenvalue weighted by Gasteiger charge is 2.20. The van der Waals surface area contributed by atoms with Crippen molar-refractivity contribution in [3.05, 3.63) is 48.0 Å². The summed E-state index contributed by atoms with van der Waals surface area (Å²) in [4.78, 5) is 12.6. The van der Waals surface area contributed by atoms with Crippen molar-refractivity contribution >= 4 is 33.4 Å². The van der Waals surface area contributed by atoms with Crippen LogP contribution in [0.25, 0.3) is 11.4 Å². The number of nitrogens with one attached hydrogen (secondary N) is 1. The minimum atomic E-state index is -3.62. The maximum Gasteiger partial charge on any atom is 0.242 e. The maximum atomic E-state index is 12.5. The standard InChI is InChI=1S/C20H24N6O4S2/c1-13-5-8-15(11-17(13)32(28,29)25(2)3)22-18(27)12-31-20-24-23-19(26(20)21)14-6-9-16(30-4)10-7-14/h5-11H,12,21H2,1-4H3,(H,22,27). The predicted molar refractivity (Wildman–Crippen MR) is 124 cm³/mol. The monoisotopic (exact) mass is 476 g/mol. The normalized spacial score (nSPS) is 11.5. The molecule has 0 saturated carbocycles. The number of thioether (sulfide) groups is 1. The van der Waals surface area contributed by atoms with E-state index in [2.05, 4.69) is 15.5 Å². The number of nitrogens with two attached hydrogens (primary N) is 1. The minimum Gasteiger partial charge on any atom is -0.497 e. The average molecular weight is 477 g/mol. The first-order chi connectivity index (χ1) is 15.1. The third-order valence-electron chi connectivity index (χ3n) is 4.58. The van der Waals surface area contributed by atoms with Crippen LogP contribution in [0, 0.1) is 6.92 Å². The molecule has 0 aliphatic heterocycles. The van der Waals surface area contributed by atoms with E-state index in [0.717, 1.165) is 21.6 Å². The highest BCUT2D eigenvalue weighted by molar-refractivity contribution is 7.99. The molecule has 1 heterocycles. The Labute approximate surface area is 190 Å². The summed E-state index contributed by atoms with van der Waals surface area (Å²) in [6.07, 6.45) is 0. The van der Waals surface area contributed by atoms with E-state index in [1.54, 1.807) is 38.3 Å². The van der Waals surface area contributed by atoms with Crippen molar-refractivity contribution in [2.24, 2.45) is 0 Å². The number of hydrogen-bond acceptors (Lipinski definition) is 8. The number of nitrogen functional groups attached to an aromatic ring is 1. The van der Waals surface area contributed by atoms with Crippen molar-refractivity contribution in [3.8, 4) is 17.1 Å². The Hall–Kier alpha value is -3.09. The summed E-state index contributed by atoms with van der Waals surface area (Å²) in [5, 5.41) is 11.2. The molecule has 0 bridgehead atoms. The van der Waals surface area contributed by atoms with Gasteiger partial charge in [0.15, 0.2) is 5.82 Å². The summed E-state index contributed by atoms with van der Waals surface area (Å²) in [6.45, 7) is 1.70. The number of sulfonamides is 1. The third-order valence-corrected chi connectivity index (χ3v) is 7.48. The second-order valence-electron chi connectivity index (χ2n) is 7.01. The zero-order chi connectivity index (χ0) is 23.5. The molecule has 0 atom stereocenters. The van der Waals surface area contributed by atoms with Gasteiger partial charge in [-0.05, 0) is 48.9 Å². The Morgan fingerprint density at radius 2 is 1.88 bits per heavy atom. The van der Waals surface area contributed by atoms with Gasteiger partial charge in [-0.15, -0.1) is 10.2 Å². The van der Waals surface area contributed by atoms with Gasteiger partial charge >= 0.3 is 0 Å². The van der Waals surface area contributed by atoms with Gasteiger partial charge in [-0.2, -0.15) is 0 Å². The first-order valence-electron chi connectivity index (χ1n) is 9.44. The summed E-state index contributed by atoms with van der Waals surface area (Å²) < 4.78 is 32.5. The van der Waals surface area contributed by atoms with E-state index in [0.29, 0.717) is 28.0 Å². The molecule has 32 heavy (non-hydrogen) atoms. The predicted octanol–water partition coefficient (Wildman–Crippen LogP) is 1.96. The van der Waals surface area contributed by atoms with Crippen LogP contribution in [0.1, 0.15) is 5.56 Å². The number of hydrogen-bond donors (Lipinski definition) is 2. The van der Waals surface area contributed by atoms with Crippen LogP contribution in [0.5, 0.6) is 5.75 Å². The van der Waals surface area contributed by atoms with Crippen LogP contribution in [0.15, 0.2) is 52.5 Å². The first kappa shape index (κ1) is 23.6. The van der Waals surface area contributed by atoms with E-state index < -0.39 is 10.0 Å². The van der Waals surface area contributed by atoms with Gasteiger partial charge in [0, 0.05) is 25.3 Å². The highest BCUT2D eigenvalue weighted by atomic mass is 32.2. The molecule has 3 N–H and O–H groups in total. The number of anilines is 1. The van der Waals surface area contributed by atoms with Crippen LogP contribution < -0.4 is 15.9 Å². The molecule has 0 unspecified atom stereocenters. The van der Waals surface area contributed by atoms with Gasteiger partial charge in [0.2, 0.25) is 21.1 Å². The van der Waals surface area contributed by atoms with Gasteiger partial charge in [-0.25, -0.2) is 17.4 Å². The SMILES string of the molecule is COc1ccc(-c2nnc(SCC(=O)Nc3ccc(C)c(S(=O)(=O)N(C)C)c3)n2N)cc1. The molecule has 1 amide bonds. The number of nitrogens with zero attached hydrogens (tertiary/aromatic N) is 4. The van der Waals surface area contributed by atoms with E-state index in [1.165, 1.54) is 24.8 Å². The molecule has 12 heteroatoms. The van der Waals surface area contributed by atoms with Gasteiger partial charge in [0.1, 0.15) is 5.75 Å². The largest absolute Gasteiger partial charge is 0.497 e. The molecule has 2 aromatic carbocycles. The van der Waals surface area contributed by atoms with E-state index in [1.807, 2.05) is 12.1 Å². The van der Waals surface area contributed by atoms with Crippen molar-refractivity contribution in [2.45, 2.75) is 17.0 Å². The number of aryl methyl sites for hydroxylation is 1. The lowest BCUT2D eigenvalue weighted by molar-refractivity contribution is -0.113. The molecular formula is C20H24N6O4S2. The smallest absolute Gasteiger partial charge is 0.242 e. The summed E-state index contributed by atoms with van der Waals surface area (Å²) in [6, 6.07) is 11.9. The number of ether oxygens (including phenoxy) is 1. The number of rotatable bonds is 8. The van der Waals surface area contributed by atoms with Crippen LogP contribution in [-0.2, 0) is 14.8 Å². The summed E-state index contributed by atoms with van der Waals surface area (Å²) in [7, 11) is 0.874. The molecule has 0 saturated heterocycles. The van der Waals surface area contributed by atoms with Gasteiger partial charge in [-0.3, -0.25) is 4.79 Å². The number of carbonyl (C=O) groups is 1. The topological polar surface area (TPSA) is 132 Å². The molecule has 0 fully saturated rings. The summed E-state index contributed by atoms with van der Waals surface area (Å²) >= 11 is 1.12. The molecule has 0 spiro atoms. The van der Waals surface area contributed by atoms with Gasteiger partial charge in [0.25, 0.3) is 0 Å². The zero-order valence-electron chi connectivity index (χ0n) is 18.1. The van der Waals surface area contributed by atoms with E-state index in [-0.39, 0.29) is 16.6 Å². The van der Waals surface area contributed by atoms with Gasteiger partial charge < -0.3 is 15.9 Å². The lowest BCUT2D eigenvalue weighted by Crippen LogP contribution is -2.23. The number of aromatic nitrogens is 3. The Morgan fingerprint density at radius 1 is 1.19 bits per heavy atom. The van der Waals surface area contributed by atoms with Gasteiger partial charge in [0.05, 0.1) is 17.8 Å². The highest BCUT2D eigenvalue weighted by Crippen LogP contribution is 2.25. The van der Waals surface area contributed by atoms with Crippen molar-refractivity contribution in [2.75, 3.05) is 38.1 Å². The maximum absolute atomic E-state index is 12.5. The second-order valence-corrected chi connectivity index (χ2v) is 10.1.